The fraction of sp³-hybridized carbons (Fsp3) is 0.385. The van der Waals surface area contributed by atoms with Crippen LogP contribution in [0.5, 0.6) is 0 Å². The van der Waals surface area contributed by atoms with Gasteiger partial charge in [-0.25, -0.2) is 4.79 Å². The number of hydrogen-bond acceptors (Lipinski definition) is 3. The number of ketones is 1. The molecule has 1 aromatic rings. The summed E-state index contributed by atoms with van der Waals surface area (Å²) in [5.74, 6) is 0.206. The summed E-state index contributed by atoms with van der Waals surface area (Å²) in [6.07, 6.45) is 0. The van der Waals surface area contributed by atoms with Gasteiger partial charge in [0.1, 0.15) is 0 Å². The van der Waals surface area contributed by atoms with Crippen LogP contribution in [0, 0.1) is 5.92 Å². The lowest BCUT2D eigenvalue weighted by molar-refractivity contribution is 0.0838. The summed E-state index contributed by atoms with van der Waals surface area (Å²) in [6.45, 7) is 2.81. The largest absolute Gasteiger partial charge is 0.396 e. The summed E-state index contributed by atoms with van der Waals surface area (Å²) in [5, 5.41) is 11.6. The summed E-state index contributed by atoms with van der Waals surface area (Å²) in [6, 6.07) is 6.61. The maximum atomic E-state index is 11.7. The van der Waals surface area contributed by atoms with Crippen LogP contribution in [0.2, 0.25) is 0 Å². The Morgan fingerprint density at radius 2 is 1.94 bits per heavy atom. The second-order valence-electron chi connectivity index (χ2n) is 4.52. The number of anilines is 1. The highest BCUT2D eigenvalue weighted by molar-refractivity contribution is 5.95. The number of nitrogens with zero attached hydrogens (tertiary/aromatic N) is 1. The van der Waals surface area contributed by atoms with Crippen LogP contribution < -0.4 is 5.32 Å². The molecule has 0 spiro atoms. The van der Waals surface area contributed by atoms with E-state index in [1.54, 1.807) is 29.2 Å². The van der Waals surface area contributed by atoms with Crippen LogP contribution in [0.3, 0.4) is 0 Å². The fourth-order valence-corrected chi connectivity index (χ4v) is 1.84. The molecule has 96 valence electrons. The van der Waals surface area contributed by atoms with Crippen molar-refractivity contribution in [3.05, 3.63) is 29.8 Å². The van der Waals surface area contributed by atoms with Crippen molar-refractivity contribution in [3.8, 4) is 0 Å². The Balaban J connectivity index is 1.90. The minimum Gasteiger partial charge on any atom is -0.396 e. The van der Waals surface area contributed by atoms with Gasteiger partial charge in [-0.3, -0.25) is 4.79 Å². The molecular formula is C13H16N2O3. The lowest BCUT2D eigenvalue weighted by Crippen LogP contribution is -2.52. The van der Waals surface area contributed by atoms with Crippen molar-refractivity contribution in [1.29, 1.82) is 0 Å². The number of carbonyl (C=O) groups excluding carboxylic acids is 2. The van der Waals surface area contributed by atoms with Crippen LogP contribution in [0.15, 0.2) is 24.3 Å². The number of urea groups is 1. The number of aliphatic hydroxyl groups is 1. The number of nitrogens with one attached hydrogen (secondary N) is 1. The predicted molar refractivity (Wildman–Crippen MR) is 67.6 cm³/mol. The maximum Gasteiger partial charge on any atom is 0.321 e. The van der Waals surface area contributed by atoms with E-state index in [0.717, 1.165) is 0 Å². The molecule has 1 heterocycles. The van der Waals surface area contributed by atoms with Gasteiger partial charge in [-0.1, -0.05) is 0 Å². The van der Waals surface area contributed by atoms with Crippen LogP contribution in [0.25, 0.3) is 0 Å². The Labute approximate surface area is 105 Å². The van der Waals surface area contributed by atoms with Gasteiger partial charge >= 0.3 is 6.03 Å². The number of rotatable bonds is 3. The smallest absolute Gasteiger partial charge is 0.321 e. The molecule has 2 amide bonds. The van der Waals surface area contributed by atoms with Crippen molar-refractivity contribution < 1.29 is 14.7 Å². The van der Waals surface area contributed by atoms with E-state index in [0.29, 0.717) is 24.3 Å². The van der Waals surface area contributed by atoms with Crippen molar-refractivity contribution in [2.24, 2.45) is 5.92 Å². The normalized spacial score (nSPS) is 15.1. The van der Waals surface area contributed by atoms with Crippen LogP contribution in [-0.4, -0.2) is 41.5 Å². The van der Waals surface area contributed by atoms with Crippen molar-refractivity contribution in [2.75, 3.05) is 25.0 Å². The molecule has 1 fully saturated rings. The lowest BCUT2D eigenvalue weighted by atomic mass is 10.0. The van der Waals surface area contributed by atoms with E-state index in [2.05, 4.69) is 5.32 Å². The SMILES string of the molecule is CC(=O)c1ccc(NC(=O)N2CC(CO)C2)cc1. The molecule has 0 radical (unpaired) electrons. The summed E-state index contributed by atoms with van der Waals surface area (Å²) >= 11 is 0. The Hall–Kier alpha value is -1.88. The maximum absolute atomic E-state index is 11.7. The number of amides is 2. The highest BCUT2D eigenvalue weighted by Gasteiger charge is 2.29. The van der Waals surface area contributed by atoms with Gasteiger partial charge in [-0.2, -0.15) is 0 Å². The second-order valence-corrected chi connectivity index (χ2v) is 4.52. The Kier molecular flexibility index (Phi) is 3.62. The molecule has 5 heteroatoms. The van der Waals surface area contributed by atoms with Crippen molar-refractivity contribution in [3.63, 3.8) is 0 Å². The summed E-state index contributed by atoms with van der Waals surface area (Å²) in [4.78, 5) is 24.5. The van der Waals surface area contributed by atoms with Gasteiger partial charge in [-0.15, -0.1) is 0 Å². The quantitative estimate of drug-likeness (QED) is 0.793. The summed E-state index contributed by atoms with van der Waals surface area (Å²) in [5.41, 5.74) is 1.29. The van der Waals surface area contributed by atoms with Crippen molar-refractivity contribution >= 4 is 17.5 Å². The Morgan fingerprint density at radius 3 is 2.44 bits per heavy atom. The third-order valence-electron chi connectivity index (χ3n) is 3.05. The van der Waals surface area contributed by atoms with Crippen LogP contribution in [0.4, 0.5) is 10.5 Å². The van der Waals surface area contributed by atoms with Gasteiger partial charge in [-0.05, 0) is 31.2 Å². The van der Waals surface area contributed by atoms with E-state index in [4.69, 9.17) is 5.11 Å². The van der Waals surface area contributed by atoms with Gasteiger partial charge in [0.2, 0.25) is 0 Å². The number of hydrogen-bond donors (Lipinski definition) is 2. The highest BCUT2D eigenvalue weighted by atomic mass is 16.3. The molecule has 1 aliphatic rings. The van der Waals surface area contributed by atoms with E-state index in [-0.39, 0.29) is 24.3 Å². The van der Waals surface area contributed by atoms with Crippen molar-refractivity contribution in [1.82, 2.24) is 4.90 Å². The van der Waals surface area contributed by atoms with Crippen LogP contribution in [-0.2, 0) is 0 Å². The van der Waals surface area contributed by atoms with Gasteiger partial charge < -0.3 is 15.3 Å². The molecule has 0 atom stereocenters. The van der Waals surface area contributed by atoms with Crippen molar-refractivity contribution in [2.45, 2.75) is 6.92 Å². The topological polar surface area (TPSA) is 69.6 Å². The molecule has 2 rings (SSSR count). The number of aliphatic hydroxyl groups excluding tert-OH is 1. The minimum atomic E-state index is -0.171. The molecule has 0 aromatic heterocycles. The predicted octanol–water partition coefficient (Wildman–Crippen LogP) is 1.35. The average molecular weight is 248 g/mol. The Morgan fingerprint density at radius 1 is 1.33 bits per heavy atom. The third kappa shape index (κ3) is 2.68. The molecular weight excluding hydrogens is 232 g/mol. The van der Waals surface area contributed by atoms with Gasteiger partial charge in [0, 0.05) is 36.9 Å². The number of carbonyl (C=O) groups is 2. The molecule has 0 saturated carbocycles. The first-order valence-electron chi connectivity index (χ1n) is 5.88. The third-order valence-corrected chi connectivity index (χ3v) is 3.05. The zero-order valence-corrected chi connectivity index (χ0v) is 10.2. The first-order valence-corrected chi connectivity index (χ1v) is 5.88. The van der Waals surface area contributed by atoms with Gasteiger partial charge in [0.25, 0.3) is 0 Å². The molecule has 0 unspecified atom stereocenters. The molecule has 5 nitrogen and oxygen atoms in total. The molecule has 2 N–H and O–H groups in total. The summed E-state index contributed by atoms with van der Waals surface area (Å²) in [7, 11) is 0. The monoisotopic (exact) mass is 248 g/mol. The van der Waals surface area contributed by atoms with E-state index < -0.39 is 0 Å². The molecule has 1 aliphatic heterocycles. The molecule has 0 bridgehead atoms. The fourth-order valence-electron chi connectivity index (χ4n) is 1.84. The van der Waals surface area contributed by atoms with Gasteiger partial charge in [0.15, 0.2) is 5.78 Å². The number of benzene rings is 1. The zero-order valence-electron chi connectivity index (χ0n) is 10.2. The van der Waals surface area contributed by atoms with Crippen LogP contribution >= 0.6 is 0 Å². The first kappa shape index (κ1) is 12.6. The van der Waals surface area contributed by atoms with Crippen LogP contribution in [0.1, 0.15) is 17.3 Å². The standard InChI is InChI=1S/C13H16N2O3/c1-9(17)11-2-4-12(5-3-11)14-13(18)15-6-10(7-15)8-16/h2-5,10,16H,6-8H2,1H3,(H,14,18). The second kappa shape index (κ2) is 5.18. The summed E-state index contributed by atoms with van der Waals surface area (Å²) < 4.78 is 0. The van der Waals surface area contributed by atoms with E-state index in [9.17, 15) is 9.59 Å². The number of Topliss-reactive ketones (excluding diaryl/α,β-unsaturated/α-hetero) is 1. The van der Waals surface area contributed by atoms with E-state index in [1.165, 1.54) is 6.92 Å². The van der Waals surface area contributed by atoms with E-state index >= 15 is 0 Å². The van der Waals surface area contributed by atoms with Gasteiger partial charge in [0.05, 0.1) is 0 Å². The van der Waals surface area contributed by atoms with E-state index in [1.807, 2.05) is 0 Å². The minimum absolute atomic E-state index is 0.00130. The zero-order chi connectivity index (χ0) is 13.1. The molecule has 18 heavy (non-hydrogen) atoms. The molecule has 1 saturated heterocycles. The first-order chi connectivity index (χ1) is 8.60. The highest BCUT2D eigenvalue weighted by Crippen LogP contribution is 2.17. The molecule has 0 aliphatic carbocycles. The molecule has 1 aromatic carbocycles. The Bertz CT molecular complexity index is 450. The average Bonchev–Trinajstić information content (AvgIpc) is 2.28. The lowest BCUT2D eigenvalue weighted by Gasteiger charge is -2.38. The number of likely N-dealkylation sites (tertiary alicyclic amines) is 1.